The Labute approximate surface area is 78.1 Å². The van der Waals surface area contributed by atoms with Gasteiger partial charge in [-0.25, -0.2) is 0 Å². The van der Waals surface area contributed by atoms with Crippen LogP contribution in [-0.2, 0) is 0 Å². The van der Waals surface area contributed by atoms with Gasteiger partial charge < -0.3 is 0 Å². The average Bonchev–Trinajstić information content (AvgIpc) is 2.20. The second kappa shape index (κ2) is 3.34. The summed E-state index contributed by atoms with van der Waals surface area (Å²) in [7, 11) is -4.54. The van der Waals surface area contributed by atoms with Crippen LogP contribution in [0.1, 0.15) is 13.8 Å². The molecule has 0 atom stereocenters. The molecule has 0 heterocycles. The van der Waals surface area contributed by atoms with Crippen LogP contribution < -0.4 is 5.30 Å². The number of rotatable bonds is 3. The first-order chi connectivity index (χ1) is 6.02. The maximum absolute atomic E-state index is 14.1. The van der Waals surface area contributed by atoms with Gasteiger partial charge in [-0.3, -0.25) is 0 Å². The van der Waals surface area contributed by atoms with Gasteiger partial charge in [0.25, 0.3) is 0 Å². The molecule has 3 heteroatoms. The van der Waals surface area contributed by atoms with Gasteiger partial charge >= 0.3 is 77.4 Å². The van der Waals surface area contributed by atoms with Gasteiger partial charge in [0.05, 0.1) is 0 Å². The maximum atomic E-state index is 14.1. The number of halogens is 2. The summed E-state index contributed by atoms with van der Waals surface area (Å²) in [5.74, 6) is 0. The third-order valence-corrected chi connectivity index (χ3v) is 6.46. The van der Waals surface area contributed by atoms with Gasteiger partial charge in [0.15, 0.2) is 0 Å². The SMILES string of the molecule is CCP(F)(F)(CC)c1ccccc1. The Morgan fingerprint density at radius 1 is 1.00 bits per heavy atom. The van der Waals surface area contributed by atoms with Crippen molar-refractivity contribution < 1.29 is 8.39 Å². The van der Waals surface area contributed by atoms with Crippen LogP contribution in [0.3, 0.4) is 0 Å². The van der Waals surface area contributed by atoms with Gasteiger partial charge in [-0.1, -0.05) is 0 Å². The quantitative estimate of drug-likeness (QED) is 0.659. The molecule has 13 heavy (non-hydrogen) atoms. The summed E-state index contributed by atoms with van der Waals surface area (Å²) >= 11 is 0. The van der Waals surface area contributed by atoms with Crippen molar-refractivity contribution in [3.63, 3.8) is 0 Å². The molecule has 0 amide bonds. The van der Waals surface area contributed by atoms with Crippen molar-refractivity contribution in [1.82, 2.24) is 0 Å². The first-order valence-corrected chi connectivity index (χ1v) is 6.91. The molecule has 0 aliphatic rings. The van der Waals surface area contributed by atoms with E-state index in [0.29, 0.717) is 0 Å². The summed E-state index contributed by atoms with van der Waals surface area (Å²) in [6, 6.07) is 8.23. The van der Waals surface area contributed by atoms with E-state index >= 15 is 0 Å². The Bertz CT molecular complexity index is 274. The summed E-state index contributed by atoms with van der Waals surface area (Å²) in [6.45, 7) is 3.16. The molecule has 74 valence electrons. The van der Waals surface area contributed by atoms with E-state index in [9.17, 15) is 8.39 Å². The van der Waals surface area contributed by atoms with Crippen LogP contribution in [0.25, 0.3) is 0 Å². The molecule has 1 aromatic carbocycles. The van der Waals surface area contributed by atoms with Crippen LogP contribution in [0.2, 0.25) is 0 Å². The molecule has 0 fully saturated rings. The van der Waals surface area contributed by atoms with Crippen molar-refractivity contribution in [2.24, 2.45) is 0 Å². The normalized spacial score (nSPS) is 14.9. The van der Waals surface area contributed by atoms with Crippen LogP contribution in [0.4, 0.5) is 8.39 Å². The second-order valence-corrected chi connectivity index (χ2v) is 7.50. The van der Waals surface area contributed by atoms with E-state index < -0.39 is 7.22 Å². The van der Waals surface area contributed by atoms with Gasteiger partial charge in [-0.15, -0.1) is 0 Å². The van der Waals surface area contributed by atoms with Crippen LogP contribution in [0.5, 0.6) is 0 Å². The summed E-state index contributed by atoms with van der Waals surface area (Å²) in [5.41, 5.74) is 0. The number of hydrogen-bond acceptors (Lipinski definition) is 0. The molecule has 0 radical (unpaired) electrons. The van der Waals surface area contributed by atoms with Crippen molar-refractivity contribution in [3.05, 3.63) is 30.3 Å². The molecule has 0 unspecified atom stereocenters. The predicted molar refractivity (Wildman–Crippen MR) is 56.3 cm³/mol. The minimum atomic E-state index is -4.54. The summed E-state index contributed by atoms with van der Waals surface area (Å²) < 4.78 is 28.3. The molecule has 0 aliphatic carbocycles. The fourth-order valence-corrected chi connectivity index (χ4v) is 3.34. The fourth-order valence-electron chi connectivity index (χ4n) is 1.34. The molecule has 0 bridgehead atoms. The predicted octanol–water partition coefficient (Wildman–Crippen LogP) is 3.67. The second-order valence-electron chi connectivity index (χ2n) is 3.22. The molecule has 0 nitrogen and oxygen atoms in total. The summed E-state index contributed by atoms with van der Waals surface area (Å²) in [4.78, 5) is 0. The van der Waals surface area contributed by atoms with E-state index in [0.717, 1.165) is 0 Å². The van der Waals surface area contributed by atoms with Gasteiger partial charge in [0, 0.05) is 0 Å². The molecular formula is C10H15F2P. The fraction of sp³-hybridized carbons (Fsp3) is 0.400. The summed E-state index contributed by atoms with van der Waals surface area (Å²) in [5, 5.41) is 0.249. The molecule has 0 aliphatic heterocycles. The van der Waals surface area contributed by atoms with Crippen molar-refractivity contribution >= 4 is 12.5 Å². The average molecular weight is 204 g/mol. The number of hydrogen-bond donors (Lipinski definition) is 0. The zero-order valence-corrected chi connectivity index (χ0v) is 8.90. The zero-order valence-electron chi connectivity index (χ0n) is 8.00. The van der Waals surface area contributed by atoms with Gasteiger partial charge in [-0.2, -0.15) is 0 Å². The Balaban J connectivity index is 3.19. The topological polar surface area (TPSA) is 0 Å². The van der Waals surface area contributed by atoms with Gasteiger partial charge in [0.2, 0.25) is 0 Å². The van der Waals surface area contributed by atoms with Crippen molar-refractivity contribution in [3.8, 4) is 0 Å². The van der Waals surface area contributed by atoms with Gasteiger partial charge in [0.1, 0.15) is 0 Å². The van der Waals surface area contributed by atoms with E-state index in [4.69, 9.17) is 0 Å². The number of benzene rings is 1. The molecule has 0 aromatic heterocycles. The van der Waals surface area contributed by atoms with E-state index in [2.05, 4.69) is 0 Å². The molecule has 0 saturated carbocycles. The van der Waals surface area contributed by atoms with Crippen molar-refractivity contribution in [2.75, 3.05) is 12.3 Å². The molecule has 0 saturated heterocycles. The van der Waals surface area contributed by atoms with E-state index in [1.807, 2.05) is 0 Å². The zero-order chi connectivity index (χ0) is 9.97. The molecule has 0 spiro atoms. The Hall–Kier alpha value is -0.490. The van der Waals surface area contributed by atoms with Crippen molar-refractivity contribution in [2.45, 2.75) is 13.8 Å². The van der Waals surface area contributed by atoms with Crippen LogP contribution in [-0.4, -0.2) is 12.3 Å². The minimum absolute atomic E-state index is 0.0217. The Morgan fingerprint density at radius 3 is 1.85 bits per heavy atom. The van der Waals surface area contributed by atoms with Crippen LogP contribution >= 0.6 is 7.22 Å². The monoisotopic (exact) mass is 204 g/mol. The van der Waals surface area contributed by atoms with E-state index in [1.54, 1.807) is 44.2 Å². The first kappa shape index (κ1) is 10.6. The first-order valence-electron chi connectivity index (χ1n) is 4.52. The van der Waals surface area contributed by atoms with Crippen molar-refractivity contribution in [1.29, 1.82) is 0 Å². The van der Waals surface area contributed by atoms with Crippen LogP contribution in [0.15, 0.2) is 30.3 Å². The molecule has 0 N–H and O–H groups in total. The Kier molecular flexibility index (Phi) is 2.72. The third-order valence-electron chi connectivity index (χ3n) is 2.56. The van der Waals surface area contributed by atoms with Gasteiger partial charge in [-0.05, 0) is 0 Å². The summed E-state index contributed by atoms with van der Waals surface area (Å²) in [6.07, 6.45) is -0.0434. The molecule has 1 aromatic rings. The third kappa shape index (κ3) is 1.88. The van der Waals surface area contributed by atoms with E-state index in [-0.39, 0.29) is 17.6 Å². The van der Waals surface area contributed by atoms with E-state index in [1.165, 1.54) is 0 Å². The molecular weight excluding hydrogens is 189 g/mol. The standard InChI is InChI=1S/C10H15F2P/c1-3-13(11,12,4-2)10-8-6-5-7-9-10/h5-9H,3-4H2,1-2H3. The Morgan fingerprint density at radius 2 is 1.46 bits per heavy atom. The molecule has 1 rings (SSSR count). The van der Waals surface area contributed by atoms with Crippen LogP contribution in [0, 0.1) is 0 Å².